The van der Waals surface area contributed by atoms with Crippen molar-refractivity contribution in [2.45, 2.75) is 6.42 Å². The topological polar surface area (TPSA) is 116 Å². The monoisotopic (exact) mass is 332 g/mol. The smallest absolute Gasteiger partial charge is 0.341 e. The standard InChI is InChI=1S/C13H16O8S/c1-19-12(14)9-5-3-6-10(13(15)20-2)11(9)21-7-4-8-22(16,17)18/h3,5-6H,4,7-8H2,1-2H3,(H,16,17,18). The molecule has 0 saturated carbocycles. The summed E-state index contributed by atoms with van der Waals surface area (Å²) in [5.74, 6) is -1.98. The second kappa shape index (κ2) is 7.76. The van der Waals surface area contributed by atoms with Crippen LogP contribution in [0.3, 0.4) is 0 Å². The third kappa shape index (κ3) is 5.01. The lowest BCUT2D eigenvalue weighted by atomic mass is 10.1. The van der Waals surface area contributed by atoms with Crippen molar-refractivity contribution in [2.24, 2.45) is 0 Å². The summed E-state index contributed by atoms with van der Waals surface area (Å²) in [4.78, 5) is 23.4. The number of carbonyl (C=O) groups excluding carboxylic acids is 2. The fraction of sp³-hybridized carbons (Fsp3) is 0.385. The van der Waals surface area contributed by atoms with Crippen LogP contribution in [0.1, 0.15) is 27.1 Å². The van der Waals surface area contributed by atoms with Gasteiger partial charge >= 0.3 is 11.9 Å². The Morgan fingerprint density at radius 1 is 1.09 bits per heavy atom. The number of methoxy groups -OCH3 is 2. The molecular formula is C13H16O8S. The Bertz CT molecular complexity index is 616. The number of para-hydroxylation sites is 1. The van der Waals surface area contributed by atoms with Gasteiger partial charge in [-0.2, -0.15) is 8.42 Å². The highest BCUT2D eigenvalue weighted by Gasteiger charge is 2.21. The normalized spacial score (nSPS) is 10.9. The van der Waals surface area contributed by atoms with E-state index < -0.39 is 27.8 Å². The molecule has 0 unspecified atom stereocenters. The third-order valence-corrected chi connectivity index (χ3v) is 3.42. The van der Waals surface area contributed by atoms with E-state index in [1.165, 1.54) is 32.4 Å². The number of esters is 2. The molecule has 8 nitrogen and oxygen atoms in total. The summed E-state index contributed by atoms with van der Waals surface area (Å²) < 4.78 is 44.4. The number of rotatable bonds is 7. The summed E-state index contributed by atoms with van der Waals surface area (Å²) in [7, 11) is -1.75. The van der Waals surface area contributed by atoms with Crippen molar-refractivity contribution in [3.63, 3.8) is 0 Å². The first-order valence-electron chi connectivity index (χ1n) is 6.17. The van der Waals surface area contributed by atoms with Crippen LogP contribution in [-0.2, 0) is 19.6 Å². The molecule has 1 N–H and O–H groups in total. The molecule has 0 heterocycles. The minimum absolute atomic E-state index is 0.0113. The van der Waals surface area contributed by atoms with Crippen LogP contribution in [0, 0.1) is 0 Å². The van der Waals surface area contributed by atoms with Gasteiger partial charge in [-0.25, -0.2) is 9.59 Å². The van der Waals surface area contributed by atoms with E-state index >= 15 is 0 Å². The van der Waals surface area contributed by atoms with E-state index in [9.17, 15) is 18.0 Å². The largest absolute Gasteiger partial charge is 0.492 e. The van der Waals surface area contributed by atoms with Crippen LogP contribution in [0.15, 0.2) is 18.2 Å². The van der Waals surface area contributed by atoms with E-state index in [1.54, 1.807) is 0 Å². The van der Waals surface area contributed by atoms with Gasteiger partial charge in [-0.1, -0.05) is 6.07 Å². The molecule has 0 bridgehead atoms. The van der Waals surface area contributed by atoms with Crippen LogP contribution >= 0.6 is 0 Å². The predicted molar refractivity (Wildman–Crippen MR) is 75.6 cm³/mol. The molecule has 0 saturated heterocycles. The lowest BCUT2D eigenvalue weighted by molar-refractivity contribution is 0.0589. The van der Waals surface area contributed by atoms with Crippen LogP contribution in [0.25, 0.3) is 0 Å². The Morgan fingerprint density at radius 2 is 1.59 bits per heavy atom. The van der Waals surface area contributed by atoms with Crippen molar-refractivity contribution in [3.05, 3.63) is 29.3 Å². The molecule has 1 aromatic carbocycles. The second-order valence-corrected chi connectivity index (χ2v) is 5.73. The molecule has 0 aromatic heterocycles. The second-order valence-electron chi connectivity index (χ2n) is 4.15. The van der Waals surface area contributed by atoms with Crippen molar-refractivity contribution in [3.8, 4) is 5.75 Å². The molecule has 0 aliphatic rings. The van der Waals surface area contributed by atoms with E-state index in [1.807, 2.05) is 0 Å². The fourth-order valence-corrected chi connectivity index (χ4v) is 2.13. The van der Waals surface area contributed by atoms with Crippen molar-refractivity contribution >= 4 is 22.1 Å². The van der Waals surface area contributed by atoms with Crippen LogP contribution in [0.4, 0.5) is 0 Å². The summed E-state index contributed by atoms with van der Waals surface area (Å²) in [5.41, 5.74) is 0.0227. The average molecular weight is 332 g/mol. The molecule has 1 aromatic rings. The molecule has 0 atom stereocenters. The molecule has 9 heteroatoms. The zero-order valence-electron chi connectivity index (χ0n) is 12.1. The summed E-state index contributed by atoms with van der Waals surface area (Å²) >= 11 is 0. The van der Waals surface area contributed by atoms with E-state index in [0.717, 1.165) is 0 Å². The quantitative estimate of drug-likeness (QED) is 0.445. The molecule has 1 rings (SSSR count). The van der Waals surface area contributed by atoms with Gasteiger partial charge in [-0.3, -0.25) is 4.55 Å². The summed E-state index contributed by atoms with van der Waals surface area (Å²) in [6.07, 6.45) is -0.0189. The van der Waals surface area contributed by atoms with Crippen molar-refractivity contribution in [2.75, 3.05) is 26.6 Å². The van der Waals surface area contributed by atoms with Gasteiger partial charge in [-0.05, 0) is 18.6 Å². The van der Waals surface area contributed by atoms with Gasteiger partial charge < -0.3 is 14.2 Å². The third-order valence-electron chi connectivity index (χ3n) is 2.62. The predicted octanol–water partition coefficient (Wildman–Crippen LogP) is 0.917. The SMILES string of the molecule is COC(=O)c1cccc(C(=O)OC)c1OCCCS(=O)(=O)O. The van der Waals surface area contributed by atoms with Crippen LogP contribution in [0.5, 0.6) is 5.75 Å². The summed E-state index contributed by atoms with van der Waals surface area (Å²) in [6, 6.07) is 4.26. The van der Waals surface area contributed by atoms with E-state index in [2.05, 4.69) is 9.47 Å². The first-order valence-corrected chi connectivity index (χ1v) is 7.78. The van der Waals surface area contributed by atoms with Gasteiger partial charge in [0, 0.05) is 0 Å². The number of hydrogen-bond donors (Lipinski definition) is 1. The highest BCUT2D eigenvalue weighted by Crippen LogP contribution is 2.26. The maximum atomic E-state index is 11.7. The van der Waals surface area contributed by atoms with E-state index in [0.29, 0.717) is 0 Å². The molecule has 0 fully saturated rings. The Labute approximate surface area is 127 Å². The minimum Gasteiger partial charge on any atom is -0.492 e. The van der Waals surface area contributed by atoms with Crippen LogP contribution < -0.4 is 4.74 Å². The van der Waals surface area contributed by atoms with Crippen LogP contribution in [-0.4, -0.2) is 51.5 Å². The van der Waals surface area contributed by atoms with Crippen LogP contribution in [0.2, 0.25) is 0 Å². The molecule has 22 heavy (non-hydrogen) atoms. The van der Waals surface area contributed by atoms with Crippen molar-refractivity contribution in [1.29, 1.82) is 0 Å². The molecule has 0 amide bonds. The molecular weight excluding hydrogens is 316 g/mol. The molecule has 0 aliphatic carbocycles. The summed E-state index contributed by atoms with van der Waals surface area (Å²) in [5, 5.41) is 0. The lowest BCUT2D eigenvalue weighted by Gasteiger charge is -2.13. The summed E-state index contributed by atoms with van der Waals surface area (Å²) in [6.45, 7) is -0.127. The molecule has 0 radical (unpaired) electrons. The van der Waals surface area contributed by atoms with E-state index in [-0.39, 0.29) is 29.9 Å². The van der Waals surface area contributed by atoms with E-state index in [4.69, 9.17) is 9.29 Å². The van der Waals surface area contributed by atoms with Gasteiger partial charge in [0.25, 0.3) is 10.1 Å². The van der Waals surface area contributed by atoms with Gasteiger partial charge in [0.1, 0.15) is 16.9 Å². The van der Waals surface area contributed by atoms with Gasteiger partial charge in [0.15, 0.2) is 0 Å². The number of ether oxygens (including phenoxy) is 3. The Hall–Kier alpha value is -2.13. The van der Waals surface area contributed by atoms with Gasteiger partial charge in [-0.15, -0.1) is 0 Å². The molecule has 0 aliphatic heterocycles. The highest BCUT2D eigenvalue weighted by molar-refractivity contribution is 7.85. The Morgan fingerprint density at radius 3 is 2.00 bits per heavy atom. The average Bonchev–Trinajstić information content (AvgIpc) is 2.48. The number of hydrogen-bond acceptors (Lipinski definition) is 7. The maximum Gasteiger partial charge on any atom is 0.341 e. The van der Waals surface area contributed by atoms with Crippen molar-refractivity contribution in [1.82, 2.24) is 0 Å². The zero-order valence-corrected chi connectivity index (χ0v) is 12.9. The molecule has 122 valence electrons. The fourth-order valence-electron chi connectivity index (χ4n) is 1.65. The highest BCUT2D eigenvalue weighted by atomic mass is 32.2. The number of carbonyl (C=O) groups is 2. The minimum atomic E-state index is -4.10. The van der Waals surface area contributed by atoms with Crippen molar-refractivity contribution < 1.29 is 36.8 Å². The first-order chi connectivity index (χ1) is 10.3. The van der Waals surface area contributed by atoms with Gasteiger partial charge in [0.05, 0.1) is 26.6 Å². The molecule has 0 spiro atoms. The number of benzene rings is 1. The maximum absolute atomic E-state index is 11.7. The lowest BCUT2D eigenvalue weighted by Crippen LogP contribution is -2.14. The van der Waals surface area contributed by atoms with Gasteiger partial charge in [0.2, 0.25) is 0 Å². The Kier molecular flexibility index (Phi) is 6.32. The zero-order chi connectivity index (χ0) is 16.8. The first kappa shape index (κ1) is 17.9. The Balaban J connectivity index is 3.02.